The summed E-state index contributed by atoms with van der Waals surface area (Å²) in [7, 11) is 1.55. The third kappa shape index (κ3) is 4.74. The summed E-state index contributed by atoms with van der Waals surface area (Å²) < 4.78 is 5.82. The number of rotatable bonds is 5. The Morgan fingerprint density at radius 3 is 2.38 bits per heavy atom. The maximum absolute atomic E-state index is 12.6. The second kappa shape index (κ2) is 6.93. The Bertz CT molecular complexity index is 537. The van der Waals surface area contributed by atoms with E-state index in [-0.39, 0.29) is 18.9 Å². The van der Waals surface area contributed by atoms with Crippen LogP contribution in [0, 0.1) is 0 Å². The van der Waals surface area contributed by atoms with Crippen molar-refractivity contribution in [2.75, 3.05) is 13.7 Å². The second-order valence-corrected chi connectivity index (χ2v) is 6.48. The van der Waals surface area contributed by atoms with E-state index in [0.717, 1.165) is 0 Å². The zero-order chi connectivity index (χ0) is 16.2. The summed E-state index contributed by atoms with van der Waals surface area (Å²) >= 11 is 3.35. The van der Waals surface area contributed by atoms with E-state index in [4.69, 9.17) is 9.84 Å². The van der Waals surface area contributed by atoms with Crippen molar-refractivity contribution in [2.24, 2.45) is 0 Å². The van der Waals surface area contributed by atoms with Crippen LogP contribution < -0.4 is 4.74 Å². The Kier molecular flexibility index (Phi) is 5.78. The lowest BCUT2D eigenvalue weighted by Crippen LogP contribution is -2.46. The van der Waals surface area contributed by atoms with Gasteiger partial charge in [-0.3, -0.25) is 9.59 Å². The smallest absolute Gasteiger partial charge is 0.305 e. The summed E-state index contributed by atoms with van der Waals surface area (Å²) in [6, 6.07) is 5.06. The van der Waals surface area contributed by atoms with Gasteiger partial charge >= 0.3 is 5.97 Å². The van der Waals surface area contributed by atoms with Crippen LogP contribution in [0.25, 0.3) is 0 Å². The highest BCUT2D eigenvalue weighted by Crippen LogP contribution is 2.27. The standard InChI is InChI=1S/C15H20BrNO4/c1-15(2,3)17(8-7-13(18)19)14(20)10-5-6-12(21-4)11(16)9-10/h5-6,9H,7-8H2,1-4H3,(H,18,19). The molecule has 0 atom stereocenters. The van der Waals surface area contributed by atoms with Crippen LogP contribution in [-0.4, -0.2) is 41.1 Å². The summed E-state index contributed by atoms with van der Waals surface area (Å²) in [6.07, 6.45) is -0.0830. The lowest BCUT2D eigenvalue weighted by Gasteiger charge is -2.35. The molecule has 1 rings (SSSR count). The van der Waals surface area contributed by atoms with Gasteiger partial charge in [-0.25, -0.2) is 0 Å². The minimum atomic E-state index is -0.923. The number of aliphatic carboxylic acids is 1. The Morgan fingerprint density at radius 2 is 1.95 bits per heavy atom. The van der Waals surface area contributed by atoms with Gasteiger partial charge in [0, 0.05) is 17.6 Å². The van der Waals surface area contributed by atoms with E-state index in [2.05, 4.69) is 15.9 Å². The van der Waals surface area contributed by atoms with Gasteiger partial charge < -0.3 is 14.7 Å². The first-order valence-electron chi connectivity index (χ1n) is 6.54. The van der Waals surface area contributed by atoms with Crippen molar-refractivity contribution in [1.82, 2.24) is 4.90 Å². The molecule has 1 N–H and O–H groups in total. The number of carbonyl (C=O) groups excluding carboxylic acids is 1. The lowest BCUT2D eigenvalue weighted by molar-refractivity contribution is -0.137. The molecule has 0 saturated carbocycles. The number of ether oxygens (including phenoxy) is 1. The van der Waals surface area contributed by atoms with Crippen molar-refractivity contribution in [3.63, 3.8) is 0 Å². The van der Waals surface area contributed by atoms with Gasteiger partial charge in [0.25, 0.3) is 5.91 Å². The number of nitrogens with zero attached hydrogens (tertiary/aromatic N) is 1. The Hall–Kier alpha value is -1.56. The molecule has 116 valence electrons. The van der Waals surface area contributed by atoms with Gasteiger partial charge in [0.1, 0.15) is 5.75 Å². The Labute approximate surface area is 133 Å². The molecule has 0 aliphatic carbocycles. The number of carboxylic acid groups (broad SMARTS) is 1. The fourth-order valence-electron chi connectivity index (χ4n) is 1.90. The molecule has 0 saturated heterocycles. The van der Waals surface area contributed by atoms with Crippen molar-refractivity contribution in [1.29, 1.82) is 0 Å². The number of hydrogen-bond acceptors (Lipinski definition) is 3. The van der Waals surface area contributed by atoms with E-state index in [1.165, 1.54) is 0 Å². The first kappa shape index (κ1) is 17.5. The summed E-state index contributed by atoms with van der Waals surface area (Å²) in [5.41, 5.74) is 0.0295. The van der Waals surface area contributed by atoms with Gasteiger partial charge in [-0.2, -0.15) is 0 Å². The number of benzene rings is 1. The summed E-state index contributed by atoms with van der Waals surface area (Å²) in [6.45, 7) is 5.81. The van der Waals surface area contributed by atoms with E-state index >= 15 is 0 Å². The van der Waals surface area contributed by atoms with Crippen molar-refractivity contribution in [3.05, 3.63) is 28.2 Å². The molecule has 5 nitrogen and oxygen atoms in total. The molecular formula is C15H20BrNO4. The fraction of sp³-hybridized carbons (Fsp3) is 0.467. The molecule has 0 aromatic heterocycles. The van der Waals surface area contributed by atoms with Crippen LogP contribution in [0.15, 0.2) is 22.7 Å². The Morgan fingerprint density at radius 1 is 1.33 bits per heavy atom. The Balaban J connectivity index is 3.05. The molecule has 6 heteroatoms. The maximum atomic E-state index is 12.6. The molecule has 0 bridgehead atoms. The molecule has 0 aliphatic heterocycles. The summed E-state index contributed by atoms with van der Waals surface area (Å²) in [5.74, 6) is -0.487. The number of carboxylic acids is 1. The minimum absolute atomic E-state index is 0.0830. The number of methoxy groups -OCH3 is 1. The maximum Gasteiger partial charge on any atom is 0.305 e. The van der Waals surface area contributed by atoms with Crippen LogP contribution in [0.3, 0.4) is 0 Å². The van der Waals surface area contributed by atoms with Gasteiger partial charge in [0.05, 0.1) is 18.0 Å². The highest BCUT2D eigenvalue weighted by Gasteiger charge is 2.28. The van der Waals surface area contributed by atoms with Gasteiger partial charge in [-0.15, -0.1) is 0 Å². The molecule has 0 spiro atoms. The molecule has 0 fully saturated rings. The van der Waals surface area contributed by atoms with Gasteiger partial charge in [0.15, 0.2) is 0 Å². The summed E-state index contributed by atoms with van der Waals surface area (Å²) in [4.78, 5) is 25.0. The monoisotopic (exact) mass is 357 g/mol. The molecule has 1 aromatic rings. The average Bonchev–Trinajstić information content (AvgIpc) is 2.36. The van der Waals surface area contributed by atoms with Crippen LogP contribution in [0.4, 0.5) is 0 Å². The first-order chi connectivity index (χ1) is 9.66. The minimum Gasteiger partial charge on any atom is -0.496 e. The zero-order valence-corrected chi connectivity index (χ0v) is 14.2. The molecule has 0 radical (unpaired) electrons. The third-order valence-corrected chi connectivity index (χ3v) is 3.62. The number of hydrogen-bond donors (Lipinski definition) is 1. The van der Waals surface area contributed by atoms with Crippen LogP contribution in [0.5, 0.6) is 5.75 Å². The molecule has 0 unspecified atom stereocenters. The number of amides is 1. The van der Waals surface area contributed by atoms with E-state index in [9.17, 15) is 9.59 Å². The van der Waals surface area contributed by atoms with Crippen molar-refractivity contribution >= 4 is 27.8 Å². The van der Waals surface area contributed by atoms with E-state index in [1.807, 2.05) is 20.8 Å². The van der Waals surface area contributed by atoms with Crippen LogP contribution in [0.2, 0.25) is 0 Å². The van der Waals surface area contributed by atoms with E-state index in [0.29, 0.717) is 15.8 Å². The largest absolute Gasteiger partial charge is 0.496 e. The topological polar surface area (TPSA) is 66.8 Å². The SMILES string of the molecule is COc1ccc(C(=O)N(CCC(=O)O)C(C)(C)C)cc1Br. The fourth-order valence-corrected chi connectivity index (χ4v) is 2.44. The van der Waals surface area contributed by atoms with Crippen LogP contribution >= 0.6 is 15.9 Å². The number of carbonyl (C=O) groups is 2. The van der Waals surface area contributed by atoms with Gasteiger partial charge in [-0.1, -0.05) is 0 Å². The molecular weight excluding hydrogens is 338 g/mol. The highest BCUT2D eigenvalue weighted by molar-refractivity contribution is 9.10. The highest BCUT2D eigenvalue weighted by atomic mass is 79.9. The van der Waals surface area contributed by atoms with Crippen LogP contribution in [-0.2, 0) is 4.79 Å². The third-order valence-electron chi connectivity index (χ3n) is 3.00. The van der Waals surface area contributed by atoms with Crippen molar-refractivity contribution in [2.45, 2.75) is 32.7 Å². The predicted molar refractivity (Wildman–Crippen MR) is 83.7 cm³/mol. The molecule has 21 heavy (non-hydrogen) atoms. The lowest BCUT2D eigenvalue weighted by atomic mass is 10.0. The predicted octanol–water partition coefficient (Wildman–Crippen LogP) is 3.17. The first-order valence-corrected chi connectivity index (χ1v) is 7.33. The molecule has 1 amide bonds. The summed E-state index contributed by atoms with van der Waals surface area (Å²) in [5, 5.41) is 8.83. The van der Waals surface area contributed by atoms with Crippen molar-refractivity contribution in [3.8, 4) is 5.75 Å². The zero-order valence-electron chi connectivity index (χ0n) is 12.6. The number of halogens is 1. The van der Waals surface area contributed by atoms with Crippen LogP contribution in [0.1, 0.15) is 37.6 Å². The second-order valence-electron chi connectivity index (χ2n) is 5.62. The van der Waals surface area contributed by atoms with E-state index < -0.39 is 11.5 Å². The molecule has 0 heterocycles. The quantitative estimate of drug-likeness (QED) is 0.878. The normalized spacial score (nSPS) is 11.1. The molecule has 0 aliphatic rings. The van der Waals surface area contributed by atoms with Crippen molar-refractivity contribution < 1.29 is 19.4 Å². The average molecular weight is 358 g/mol. The van der Waals surface area contributed by atoms with Gasteiger partial charge in [0.2, 0.25) is 0 Å². The van der Waals surface area contributed by atoms with E-state index in [1.54, 1.807) is 30.2 Å². The molecule has 1 aromatic carbocycles. The van der Waals surface area contributed by atoms with Gasteiger partial charge in [-0.05, 0) is 54.9 Å².